The molecule has 1 unspecified atom stereocenters. The van der Waals surface area contributed by atoms with Crippen molar-refractivity contribution in [3.05, 3.63) is 65.2 Å². The number of amides is 3. The summed E-state index contributed by atoms with van der Waals surface area (Å²) in [7, 11) is 0. The molecule has 0 saturated heterocycles. The monoisotopic (exact) mass is 519 g/mol. The van der Waals surface area contributed by atoms with Gasteiger partial charge in [0, 0.05) is 17.8 Å². The van der Waals surface area contributed by atoms with E-state index in [1.165, 1.54) is 44.9 Å². The molecular weight excluding hydrogens is 478 g/mol. The molecule has 7 nitrogen and oxygen atoms in total. The normalized spacial score (nSPS) is 20.8. The number of nitrogens with one attached hydrogen (secondary N) is 3. The van der Waals surface area contributed by atoms with Crippen molar-refractivity contribution in [2.45, 2.75) is 77.2 Å². The predicted octanol–water partition coefficient (Wildman–Crippen LogP) is 6.45. The molecule has 2 aromatic rings. The van der Waals surface area contributed by atoms with E-state index in [0.717, 1.165) is 41.5 Å². The number of anilines is 1. The van der Waals surface area contributed by atoms with Crippen LogP contribution in [0.1, 0.15) is 91.7 Å². The summed E-state index contributed by atoms with van der Waals surface area (Å²) >= 11 is 0. The predicted molar refractivity (Wildman–Crippen MR) is 149 cm³/mol. The molecule has 2 fully saturated rings. The number of carbonyl (C=O) groups is 3. The van der Waals surface area contributed by atoms with Crippen LogP contribution in [0.5, 0.6) is 0 Å². The van der Waals surface area contributed by atoms with Crippen LogP contribution in [-0.2, 0) is 4.79 Å². The third kappa shape index (κ3) is 7.83. The van der Waals surface area contributed by atoms with E-state index in [9.17, 15) is 14.4 Å². The maximum absolute atomic E-state index is 13.1. The molecule has 0 bridgehead atoms. The van der Waals surface area contributed by atoms with Crippen molar-refractivity contribution in [3.63, 3.8) is 0 Å². The summed E-state index contributed by atoms with van der Waals surface area (Å²) in [6.45, 7) is 2.08. The van der Waals surface area contributed by atoms with Crippen molar-refractivity contribution in [3.8, 4) is 0 Å². The van der Waals surface area contributed by atoms with Gasteiger partial charge in [-0.3, -0.25) is 9.59 Å². The van der Waals surface area contributed by atoms with E-state index in [2.05, 4.69) is 16.0 Å². The first-order chi connectivity index (χ1) is 18.4. The second-order valence-electron chi connectivity index (χ2n) is 11.0. The number of benzene rings is 2. The highest BCUT2D eigenvalue weighted by Gasteiger charge is 2.33. The van der Waals surface area contributed by atoms with Gasteiger partial charge in [-0.05, 0) is 85.8 Å². The number of urea groups is 1. The van der Waals surface area contributed by atoms with Crippen LogP contribution in [0.2, 0.25) is 0 Å². The fourth-order valence-electron chi connectivity index (χ4n) is 6.29. The molecular formula is C31H41N3O4. The highest BCUT2D eigenvalue weighted by molar-refractivity contribution is 5.94. The zero-order valence-electron chi connectivity index (χ0n) is 22.4. The van der Waals surface area contributed by atoms with Crippen LogP contribution in [0, 0.1) is 24.7 Å². The molecule has 0 heterocycles. The molecule has 2 saturated carbocycles. The Labute approximate surface area is 225 Å². The van der Waals surface area contributed by atoms with Gasteiger partial charge >= 0.3 is 12.0 Å². The minimum Gasteiger partial charge on any atom is -0.481 e. The fourth-order valence-corrected chi connectivity index (χ4v) is 6.29. The fraction of sp³-hybridized carbons (Fsp3) is 0.516. The summed E-state index contributed by atoms with van der Waals surface area (Å²) in [6, 6.07) is 14.7. The Kier molecular flexibility index (Phi) is 9.79. The number of hydrogen-bond donors (Lipinski definition) is 4. The number of carboxylic acid groups (broad SMARTS) is 1. The molecule has 2 aliphatic rings. The molecule has 0 radical (unpaired) electrons. The second-order valence-corrected chi connectivity index (χ2v) is 11.0. The van der Waals surface area contributed by atoms with Crippen LogP contribution in [0.15, 0.2) is 48.5 Å². The van der Waals surface area contributed by atoms with Crippen molar-refractivity contribution >= 4 is 23.6 Å². The molecule has 38 heavy (non-hydrogen) atoms. The standard InChI is InChI=1S/C31H41N3O4/c1-21-6-5-9-27(20-21)33-31(38)34-29(24-12-10-23(11-13-24)22-7-3-2-4-8-22)25-14-16-26(17-15-25)30(37)32-19-18-28(35)36/h5-6,9,14-17,20,22-24,29H,2-4,7-8,10-13,18-19H2,1H3,(H,32,37)(H,35,36)(H2,33,34,38). The van der Waals surface area contributed by atoms with Crippen LogP contribution in [0.25, 0.3) is 0 Å². The van der Waals surface area contributed by atoms with Gasteiger partial charge < -0.3 is 21.1 Å². The maximum Gasteiger partial charge on any atom is 0.319 e. The van der Waals surface area contributed by atoms with Gasteiger partial charge in [0.05, 0.1) is 12.5 Å². The third-order valence-electron chi connectivity index (χ3n) is 8.32. The first-order valence-electron chi connectivity index (χ1n) is 14.1. The average molecular weight is 520 g/mol. The van der Waals surface area contributed by atoms with E-state index in [1.807, 2.05) is 43.3 Å². The molecule has 0 aliphatic heterocycles. The zero-order valence-corrected chi connectivity index (χ0v) is 22.4. The lowest BCUT2D eigenvalue weighted by atomic mass is 9.69. The van der Waals surface area contributed by atoms with E-state index in [0.29, 0.717) is 11.5 Å². The summed E-state index contributed by atoms with van der Waals surface area (Å²) in [6.07, 6.45) is 11.3. The van der Waals surface area contributed by atoms with E-state index >= 15 is 0 Å². The van der Waals surface area contributed by atoms with Crippen molar-refractivity contribution in [1.29, 1.82) is 0 Å². The number of aryl methyl sites for hydroxylation is 1. The Hall–Kier alpha value is -3.35. The van der Waals surface area contributed by atoms with Crippen LogP contribution < -0.4 is 16.0 Å². The van der Waals surface area contributed by atoms with Gasteiger partial charge in [-0.2, -0.15) is 0 Å². The van der Waals surface area contributed by atoms with Gasteiger partial charge in [0.1, 0.15) is 0 Å². The number of carbonyl (C=O) groups excluding carboxylic acids is 2. The minimum atomic E-state index is -0.947. The lowest BCUT2D eigenvalue weighted by Gasteiger charge is -2.38. The Balaban J connectivity index is 1.44. The summed E-state index contributed by atoms with van der Waals surface area (Å²) < 4.78 is 0. The van der Waals surface area contributed by atoms with E-state index in [-0.39, 0.29) is 30.9 Å². The van der Waals surface area contributed by atoms with E-state index in [4.69, 9.17) is 5.11 Å². The Bertz CT molecular complexity index is 1090. The lowest BCUT2D eigenvalue weighted by molar-refractivity contribution is -0.136. The lowest BCUT2D eigenvalue weighted by Crippen LogP contribution is -2.38. The molecule has 3 amide bonds. The van der Waals surface area contributed by atoms with Crippen LogP contribution in [0.4, 0.5) is 10.5 Å². The van der Waals surface area contributed by atoms with Crippen molar-refractivity contribution in [1.82, 2.24) is 10.6 Å². The molecule has 2 aliphatic carbocycles. The van der Waals surface area contributed by atoms with Gasteiger partial charge in [0.15, 0.2) is 0 Å². The second kappa shape index (κ2) is 13.4. The van der Waals surface area contributed by atoms with Gasteiger partial charge in [0.25, 0.3) is 5.91 Å². The van der Waals surface area contributed by atoms with Gasteiger partial charge in [-0.1, -0.05) is 56.4 Å². The highest BCUT2D eigenvalue weighted by atomic mass is 16.4. The van der Waals surface area contributed by atoms with Crippen molar-refractivity contribution in [2.75, 3.05) is 11.9 Å². The summed E-state index contributed by atoms with van der Waals surface area (Å²) in [5.74, 6) is 0.738. The Morgan fingerprint density at radius 3 is 2.24 bits per heavy atom. The molecule has 7 heteroatoms. The Morgan fingerprint density at radius 2 is 1.58 bits per heavy atom. The zero-order chi connectivity index (χ0) is 26.9. The van der Waals surface area contributed by atoms with Crippen molar-refractivity contribution < 1.29 is 19.5 Å². The number of rotatable bonds is 9. The third-order valence-corrected chi connectivity index (χ3v) is 8.32. The van der Waals surface area contributed by atoms with E-state index in [1.54, 1.807) is 12.1 Å². The molecule has 204 valence electrons. The first-order valence-corrected chi connectivity index (χ1v) is 14.1. The smallest absolute Gasteiger partial charge is 0.319 e. The SMILES string of the molecule is Cc1cccc(NC(=O)NC(c2ccc(C(=O)NCCC(=O)O)cc2)C2CCC(C3CCCCC3)CC2)c1. The summed E-state index contributed by atoms with van der Waals surface area (Å²) in [5.41, 5.74) is 3.30. The number of hydrogen-bond acceptors (Lipinski definition) is 3. The first kappa shape index (κ1) is 27.7. The minimum absolute atomic E-state index is 0.0868. The highest BCUT2D eigenvalue weighted by Crippen LogP contribution is 2.43. The van der Waals surface area contributed by atoms with E-state index < -0.39 is 5.97 Å². The van der Waals surface area contributed by atoms with Crippen LogP contribution in [0.3, 0.4) is 0 Å². The summed E-state index contributed by atoms with van der Waals surface area (Å²) in [4.78, 5) is 36.2. The topological polar surface area (TPSA) is 108 Å². The van der Waals surface area contributed by atoms with Gasteiger partial charge in [-0.25, -0.2) is 4.79 Å². The van der Waals surface area contributed by atoms with Crippen molar-refractivity contribution in [2.24, 2.45) is 17.8 Å². The summed E-state index contributed by atoms with van der Waals surface area (Å²) in [5, 5.41) is 17.7. The van der Waals surface area contributed by atoms with Gasteiger partial charge in [0.2, 0.25) is 0 Å². The van der Waals surface area contributed by atoms with Crippen LogP contribution >= 0.6 is 0 Å². The molecule has 2 aromatic carbocycles. The van der Waals surface area contributed by atoms with Crippen LogP contribution in [-0.4, -0.2) is 29.6 Å². The largest absolute Gasteiger partial charge is 0.481 e. The quantitative estimate of drug-likeness (QED) is 0.305. The molecule has 0 spiro atoms. The molecule has 0 aromatic heterocycles. The molecule has 1 atom stereocenters. The molecule has 4 rings (SSSR count). The van der Waals surface area contributed by atoms with Gasteiger partial charge in [-0.15, -0.1) is 0 Å². The Morgan fingerprint density at radius 1 is 0.895 bits per heavy atom. The average Bonchev–Trinajstić information content (AvgIpc) is 2.92. The maximum atomic E-state index is 13.1. The number of aliphatic carboxylic acids is 1. The number of carboxylic acids is 1. The molecule has 4 N–H and O–H groups in total.